The summed E-state index contributed by atoms with van der Waals surface area (Å²) in [4.78, 5) is 11.2. The number of amides is 1. The maximum absolute atomic E-state index is 14.6. The zero-order valence-electron chi connectivity index (χ0n) is 13.9. The van der Waals surface area contributed by atoms with Gasteiger partial charge in [0.2, 0.25) is 0 Å². The van der Waals surface area contributed by atoms with Gasteiger partial charge >= 0.3 is 6.09 Å². The average molecular weight is 400 g/mol. The lowest BCUT2D eigenvalue weighted by Crippen LogP contribution is -2.21. The van der Waals surface area contributed by atoms with Crippen molar-refractivity contribution in [3.8, 4) is 0 Å². The third-order valence-electron chi connectivity index (χ3n) is 3.90. The topological polar surface area (TPSA) is 65.4 Å². The monoisotopic (exact) mass is 399 g/mol. The Hall–Kier alpha value is -2.09. The van der Waals surface area contributed by atoms with E-state index >= 15 is 0 Å². The van der Waals surface area contributed by atoms with Crippen LogP contribution in [0.15, 0.2) is 30.2 Å². The van der Waals surface area contributed by atoms with Crippen molar-refractivity contribution in [1.29, 1.82) is 0 Å². The Labute approximate surface area is 159 Å². The van der Waals surface area contributed by atoms with Crippen LogP contribution < -0.4 is 5.32 Å². The van der Waals surface area contributed by atoms with Gasteiger partial charge in [-0.2, -0.15) is 5.10 Å². The zero-order chi connectivity index (χ0) is 18.7. The summed E-state index contributed by atoms with van der Waals surface area (Å²) < 4.78 is 26.5. The Kier molecular flexibility index (Phi) is 5.80. The summed E-state index contributed by atoms with van der Waals surface area (Å²) >= 11 is 12.2. The summed E-state index contributed by atoms with van der Waals surface area (Å²) in [5.74, 6) is -0.585. The van der Waals surface area contributed by atoms with E-state index in [4.69, 9.17) is 32.7 Å². The van der Waals surface area contributed by atoms with Gasteiger partial charge in [0.1, 0.15) is 12.4 Å². The highest BCUT2D eigenvalue weighted by Crippen LogP contribution is 2.30. The van der Waals surface area contributed by atoms with Crippen LogP contribution >= 0.6 is 23.2 Å². The molecule has 0 atom stereocenters. The van der Waals surface area contributed by atoms with E-state index in [0.717, 1.165) is 11.1 Å². The Balaban J connectivity index is 1.91. The van der Waals surface area contributed by atoms with Gasteiger partial charge in [0, 0.05) is 28.2 Å². The fourth-order valence-electron chi connectivity index (χ4n) is 2.64. The molecule has 6 nitrogen and oxygen atoms in total. The number of ether oxygens (including phenoxy) is 2. The Morgan fingerprint density at radius 1 is 1.42 bits per heavy atom. The fourth-order valence-corrected chi connectivity index (χ4v) is 3.11. The van der Waals surface area contributed by atoms with Crippen molar-refractivity contribution in [3.63, 3.8) is 0 Å². The molecule has 26 heavy (non-hydrogen) atoms. The summed E-state index contributed by atoms with van der Waals surface area (Å²) in [5.41, 5.74) is 2.47. The van der Waals surface area contributed by atoms with Crippen LogP contribution in [-0.4, -0.2) is 36.1 Å². The SMILES string of the molecule is CNC(=O)OC/C(F)=C1\COCc2cnn(Cc3ccc(Cl)cc3Cl)c21. The lowest BCUT2D eigenvalue weighted by molar-refractivity contribution is 0.139. The van der Waals surface area contributed by atoms with E-state index < -0.39 is 18.5 Å². The van der Waals surface area contributed by atoms with Crippen molar-refractivity contribution >= 4 is 34.9 Å². The smallest absolute Gasteiger partial charge is 0.407 e. The van der Waals surface area contributed by atoms with Gasteiger partial charge in [-0.25, -0.2) is 9.18 Å². The van der Waals surface area contributed by atoms with Crippen molar-refractivity contribution in [2.45, 2.75) is 13.2 Å². The maximum Gasteiger partial charge on any atom is 0.407 e. The number of hydrogen-bond acceptors (Lipinski definition) is 4. The molecule has 1 N–H and O–H groups in total. The molecule has 0 saturated heterocycles. The first-order valence-electron chi connectivity index (χ1n) is 7.78. The van der Waals surface area contributed by atoms with Gasteiger partial charge in [-0.05, 0) is 17.7 Å². The molecular formula is C17H16Cl2FN3O3. The van der Waals surface area contributed by atoms with Crippen LogP contribution in [0, 0.1) is 0 Å². The van der Waals surface area contributed by atoms with E-state index in [1.165, 1.54) is 7.05 Å². The number of rotatable bonds is 4. The number of hydrogen-bond donors (Lipinski definition) is 1. The molecule has 0 bridgehead atoms. The minimum atomic E-state index is -0.709. The van der Waals surface area contributed by atoms with Gasteiger partial charge in [0.05, 0.1) is 31.6 Å². The lowest BCUT2D eigenvalue weighted by atomic mass is 10.1. The molecule has 9 heteroatoms. The first-order chi connectivity index (χ1) is 12.5. The number of carbonyl (C=O) groups excluding carboxylic acids is 1. The number of benzene rings is 1. The summed E-state index contributed by atoms with van der Waals surface area (Å²) in [7, 11) is 1.40. The molecule has 1 aromatic carbocycles. The highest BCUT2D eigenvalue weighted by molar-refractivity contribution is 6.35. The molecule has 3 rings (SSSR count). The average Bonchev–Trinajstić information content (AvgIpc) is 3.04. The van der Waals surface area contributed by atoms with E-state index in [1.807, 2.05) is 0 Å². The Morgan fingerprint density at radius 2 is 2.23 bits per heavy atom. The predicted octanol–water partition coefficient (Wildman–Crippen LogP) is 3.81. The van der Waals surface area contributed by atoms with E-state index in [0.29, 0.717) is 34.5 Å². The van der Waals surface area contributed by atoms with E-state index in [-0.39, 0.29) is 6.61 Å². The number of nitrogens with one attached hydrogen (secondary N) is 1. The van der Waals surface area contributed by atoms with Gasteiger partial charge in [-0.1, -0.05) is 29.3 Å². The standard InChI is InChI=1S/C17H16Cl2FN3O3/c1-21-17(24)26-9-15(20)13-8-25-7-11-5-22-23(16(11)13)6-10-2-3-12(18)4-14(10)19/h2-5H,6-9H2,1H3,(H,21,24)/b15-13-. The second kappa shape index (κ2) is 8.07. The quantitative estimate of drug-likeness (QED) is 0.848. The minimum Gasteiger partial charge on any atom is -0.442 e. The normalized spacial score (nSPS) is 15.4. The molecule has 0 fully saturated rings. The number of carbonyl (C=O) groups is 1. The summed E-state index contributed by atoms with van der Waals surface area (Å²) in [5, 5.41) is 7.63. The van der Waals surface area contributed by atoms with Gasteiger partial charge in [-0.15, -0.1) is 0 Å². The van der Waals surface area contributed by atoms with Crippen molar-refractivity contribution in [2.75, 3.05) is 20.3 Å². The van der Waals surface area contributed by atoms with Crippen molar-refractivity contribution in [1.82, 2.24) is 15.1 Å². The second-order valence-corrected chi connectivity index (χ2v) is 6.46. The van der Waals surface area contributed by atoms with Crippen LogP contribution in [0.25, 0.3) is 5.57 Å². The molecule has 138 valence electrons. The van der Waals surface area contributed by atoms with E-state index in [1.54, 1.807) is 29.1 Å². The Morgan fingerprint density at radius 3 is 2.96 bits per heavy atom. The van der Waals surface area contributed by atoms with Crippen LogP contribution in [0.3, 0.4) is 0 Å². The number of aromatic nitrogens is 2. The van der Waals surface area contributed by atoms with E-state index in [9.17, 15) is 9.18 Å². The van der Waals surface area contributed by atoms with Crippen LogP contribution in [0.4, 0.5) is 9.18 Å². The Bertz CT molecular complexity index is 867. The second-order valence-electron chi connectivity index (χ2n) is 5.61. The number of halogens is 3. The van der Waals surface area contributed by atoms with Crippen LogP contribution in [0.5, 0.6) is 0 Å². The van der Waals surface area contributed by atoms with Gasteiger partial charge in [0.25, 0.3) is 0 Å². The number of nitrogens with zero attached hydrogens (tertiary/aromatic N) is 2. The first kappa shape index (κ1) is 18.7. The third-order valence-corrected chi connectivity index (χ3v) is 4.49. The van der Waals surface area contributed by atoms with Crippen molar-refractivity contribution < 1.29 is 18.7 Å². The lowest BCUT2D eigenvalue weighted by Gasteiger charge is -2.19. The number of alkyl carbamates (subject to hydrolysis) is 1. The molecule has 0 saturated carbocycles. The predicted molar refractivity (Wildman–Crippen MR) is 95.9 cm³/mol. The van der Waals surface area contributed by atoms with Crippen LogP contribution in [0.1, 0.15) is 16.8 Å². The molecular weight excluding hydrogens is 384 g/mol. The molecule has 1 amide bonds. The molecule has 2 aromatic rings. The molecule has 1 aliphatic heterocycles. The van der Waals surface area contributed by atoms with Crippen molar-refractivity contribution in [3.05, 3.63) is 57.1 Å². The summed E-state index contributed by atoms with van der Waals surface area (Å²) in [6, 6.07) is 5.18. The zero-order valence-corrected chi connectivity index (χ0v) is 15.4. The third kappa shape index (κ3) is 4.00. The highest BCUT2D eigenvalue weighted by Gasteiger charge is 2.24. The van der Waals surface area contributed by atoms with Crippen molar-refractivity contribution in [2.24, 2.45) is 0 Å². The molecule has 1 aromatic heterocycles. The largest absolute Gasteiger partial charge is 0.442 e. The number of fused-ring (bicyclic) bond motifs is 1. The summed E-state index contributed by atoms with van der Waals surface area (Å²) in [6.45, 7) is 0.260. The molecule has 0 spiro atoms. The van der Waals surface area contributed by atoms with Gasteiger partial charge in [-0.3, -0.25) is 4.68 Å². The minimum absolute atomic E-state index is 0.0655. The maximum atomic E-state index is 14.6. The first-order valence-corrected chi connectivity index (χ1v) is 8.54. The molecule has 2 heterocycles. The molecule has 1 aliphatic rings. The molecule has 0 radical (unpaired) electrons. The summed E-state index contributed by atoms with van der Waals surface area (Å²) in [6.07, 6.45) is 0.921. The van der Waals surface area contributed by atoms with Gasteiger partial charge in [0.15, 0.2) is 0 Å². The van der Waals surface area contributed by atoms with Crippen LogP contribution in [0.2, 0.25) is 10.0 Å². The van der Waals surface area contributed by atoms with E-state index in [2.05, 4.69) is 10.4 Å². The fraction of sp³-hybridized carbons (Fsp3) is 0.294. The highest BCUT2D eigenvalue weighted by atomic mass is 35.5. The van der Waals surface area contributed by atoms with Gasteiger partial charge < -0.3 is 14.8 Å². The molecule has 0 aliphatic carbocycles. The van der Waals surface area contributed by atoms with Crippen LogP contribution in [-0.2, 0) is 22.6 Å². The molecule has 0 unspecified atom stereocenters.